The summed E-state index contributed by atoms with van der Waals surface area (Å²) in [5, 5.41) is 10.7. The summed E-state index contributed by atoms with van der Waals surface area (Å²) in [5.41, 5.74) is -0.474. The van der Waals surface area contributed by atoms with Crippen LogP contribution in [0.25, 0.3) is 0 Å². The molecule has 32 heavy (non-hydrogen) atoms. The number of para-hydroxylation sites is 1. The molecule has 1 N–H and O–H groups in total. The molecule has 3 aromatic rings. The molecule has 0 fully saturated rings. The molecule has 0 atom stereocenters. The molecule has 0 aliphatic carbocycles. The van der Waals surface area contributed by atoms with Gasteiger partial charge in [0.15, 0.2) is 23.3 Å². The number of aliphatic imine (C=N–C) groups is 1. The molecule has 0 unspecified atom stereocenters. The summed E-state index contributed by atoms with van der Waals surface area (Å²) < 4.78 is 67.4. The predicted molar refractivity (Wildman–Crippen MR) is 112 cm³/mol. The molecule has 10 heteroatoms. The average molecular weight is 567 g/mol. The van der Waals surface area contributed by atoms with Crippen molar-refractivity contribution in [3.05, 3.63) is 94.3 Å². The molecule has 0 amide bonds. The zero-order valence-corrected chi connectivity index (χ0v) is 20.7. The second-order valence-corrected chi connectivity index (χ2v) is 10.7. The van der Waals surface area contributed by atoms with Crippen LogP contribution in [0.3, 0.4) is 0 Å². The summed E-state index contributed by atoms with van der Waals surface area (Å²) >= 11 is -0.826. The quantitative estimate of drug-likeness (QED) is 0.150. The van der Waals surface area contributed by atoms with Crippen LogP contribution >= 0.6 is 17.0 Å². The molecule has 0 aromatic heterocycles. The number of hydrogen-bond donors (Lipinski definition) is 1. The molecule has 168 valence electrons. The van der Waals surface area contributed by atoms with Gasteiger partial charge < -0.3 is 5.11 Å². The van der Waals surface area contributed by atoms with Gasteiger partial charge >= 0.3 is 37.9 Å². The molecule has 2 nitrogen and oxygen atoms in total. The van der Waals surface area contributed by atoms with E-state index in [4.69, 9.17) is 17.0 Å². The van der Waals surface area contributed by atoms with Gasteiger partial charge in [0.1, 0.15) is 11.4 Å². The Balaban J connectivity index is 0.00000114. The zero-order valence-electron chi connectivity index (χ0n) is 16.7. The fourth-order valence-corrected chi connectivity index (χ4v) is 3.02. The van der Waals surface area contributed by atoms with Crippen LogP contribution in [-0.2, 0) is 26.3 Å². The van der Waals surface area contributed by atoms with Gasteiger partial charge in [0.2, 0.25) is 5.82 Å². The molecule has 0 heterocycles. The summed E-state index contributed by atoms with van der Waals surface area (Å²) in [6, 6.07) is 14.0. The fourth-order valence-electron chi connectivity index (χ4n) is 3.02. The van der Waals surface area contributed by atoms with Crippen LogP contribution in [0, 0.1) is 29.1 Å². The monoisotopic (exact) mass is 565 g/mol. The zero-order chi connectivity index (χ0) is 24.1. The van der Waals surface area contributed by atoms with Crippen LogP contribution in [0.2, 0.25) is 0 Å². The maximum absolute atomic E-state index is 13.8. The first-order chi connectivity index (χ1) is 15.1. The molecule has 0 bridgehead atoms. The van der Waals surface area contributed by atoms with Gasteiger partial charge in [-0.2, -0.15) is 0 Å². The van der Waals surface area contributed by atoms with Gasteiger partial charge in [0.25, 0.3) is 0 Å². The summed E-state index contributed by atoms with van der Waals surface area (Å²) in [7, 11) is 9.87. The van der Waals surface area contributed by atoms with Crippen molar-refractivity contribution >= 4 is 28.9 Å². The molecular weight excluding hydrogens is 551 g/mol. The standard InChI is InChI=1S/C22H16F5NO.2ClH.Zr/c1-22(2,13-8-4-3-5-9-13)14-10-6-7-12(21(14)29)11-28-20-18(26)16(24)15(23)17(25)19(20)27;;;/h3-11,29H,1-2H3;2*1H;/q;;;+2/p-2. The summed E-state index contributed by atoms with van der Waals surface area (Å²) in [4.78, 5) is 3.41. The van der Waals surface area contributed by atoms with Gasteiger partial charge in [-0.3, -0.25) is 0 Å². The van der Waals surface area contributed by atoms with Gasteiger partial charge in [0, 0.05) is 22.8 Å². The van der Waals surface area contributed by atoms with E-state index in [2.05, 4.69) is 4.99 Å². The first-order valence-corrected chi connectivity index (χ1v) is 15.3. The van der Waals surface area contributed by atoms with Gasteiger partial charge in [0.05, 0.1) is 0 Å². The second kappa shape index (κ2) is 11.4. The number of halogens is 7. The Morgan fingerprint density at radius 1 is 0.812 bits per heavy atom. The topological polar surface area (TPSA) is 32.6 Å². The van der Waals surface area contributed by atoms with Crippen molar-refractivity contribution < 1.29 is 47.9 Å². The Morgan fingerprint density at radius 3 is 1.84 bits per heavy atom. The minimum atomic E-state index is -2.26. The van der Waals surface area contributed by atoms with Crippen molar-refractivity contribution in [3.8, 4) is 5.75 Å². The van der Waals surface area contributed by atoms with Crippen molar-refractivity contribution in [1.82, 2.24) is 0 Å². The van der Waals surface area contributed by atoms with E-state index in [9.17, 15) is 27.1 Å². The van der Waals surface area contributed by atoms with Crippen LogP contribution in [0.1, 0.15) is 30.5 Å². The third-order valence-corrected chi connectivity index (χ3v) is 4.76. The van der Waals surface area contributed by atoms with E-state index in [1.165, 1.54) is 6.07 Å². The third kappa shape index (κ3) is 5.59. The molecular formula is C22H16Cl2F5NOZr. The van der Waals surface area contributed by atoms with Gasteiger partial charge in [-0.15, -0.1) is 0 Å². The fraction of sp³-hybridized carbons (Fsp3) is 0.136. The molecule has 0 aliphatic rings. The maximum atomic E-state index is 13.8. The molecule has 3 rings (SSSR count). The van der Waals surface area contributed by atoms with Crippen LogP contribution in [0.5, 0.6) is 5.75 Å². The van der Waals surface area contributed by atoms with Crippen LogP contribution in [0.4, 0.5) is 27.6 Å². The van der Waals surface area contributed by atoms with E-state index in [0.29, 0.717) is 5.56 Å². The number of rotatable bonds is 4. The van der Waals surface area contributed by atoms with E-state index in [0.717, 1.165) is 11.8 Å². The molecule has 0 radical (unpaired) electrons. The Kier molecular flexibility index (Phi) is 9.44. The van der Waals surface area contributed by atoms with Crippen molar-refractivity contribution in [2.75, 3.05) is 0 Å². The second-order valence-electron chi connectivity index (χ2n) is 6.98. The minimum absolute atomic E-state index is 0.0652. The number of phenolic OH excluding ortho intramolecular Hbond substituents is 1. The van der Waals surface area contributed by atoms with Crippen molar-refractivity contribution in [2.45, 2.75) is 19.3 Å². The Hall–Kier alpha value is -1.76. The average Bonchev–Trinajstić information content (AvgIpc) is 2.78. The Morgan fingerprint density at radius 2 is 1.31 bits per heavy atom. The SMILES string of the molecule is CC(C)(c1ccccc1)c1cccc(C=Nc2c(F)c(F)c(F)c(F)c2F)c1O.[Cl][Zr][Cl]. The predicted octanol–water partition coefficient (Wildman–Crippen LogP) is 7.54. The van der Waals surface area contributed by atoms with Crippen molar-refractivity contribution in [2.24, 2.45) is 4.99 Å². The molecule has 0 spiro atoms. The van der Waals surface area contributed by atoms with Crippen LogP contribution in [-0.4, -0.2) is 11.3 Å². The normalized spacial score (nSPS) is 11.3. The number of nitrogens with zero attached hydrogens (tertiary/aromatic N) is 1. The van der Waals surface area contributed by atoms with E-state index in [1.54, 1.807) is 12.1 Å². The summed E-state index contributed by atoms with van der Waals surface area (Å²) in [5.74, 6) is -10.7. The van der Waals surface area contributed by atoms with Crippen LogP contribution < -0.4 is 0 Å². The van der Waals surface area contributed by atoms with Gasteiger partial charge in [-0.05, 0) is 11.6 Å². The van der Waals surface area contributed by atoms with Crippen molar-refractivity contribution in [3.63, 3.8) is 0 Å². The number of phenols is 1. The first kappa shape index (κ1) is 26.5. The van der Waals surface area contributed by atoms with E-state index >= 15 is 0 Å². The number of benzene rings is 3. The Labute approximate surface area is 200 Å². The Bertz CT molecular complexity index is 1100. The molecule has 0 saturated carbocycles. The van der Waals surface area contributed by atoms with Crippen molar-refractivity contribution in [1.29, 1.82) is 0 Å². The molecule has 0 aliphatic heterocycles. The molecule has 0 saturated heterocycles. The molecule has 3 aromatic carbocycles. The summed E-state index contributed by atoms with van der Waals surface area (Å²) in [6.45, 7) is 3.75. The van der Waals surface area contributed by atoms with Gasteiger partial charge in [-0.25, -0.2) is 26.9 Å². The third-order valence-electron chi connectivity index (χ3n) is 4.76. The van der Waals surface area contributed by atoms with E-state index in [-0.39, 0.29) is 11.3 Å². The number of hydrogen-bond acceptors (Lipinski definition) is 2. The first-order valence-electron chi connectivity index (χ1n) is 8.97. The van der Waals surface area contributed by atoms with E-state index in [1.807, 2.05) is 44.2 Å². The van der Waals surface area contributed by atoms with E-state index < -0.39 is 61.0 Å². The summed E-state index contributed by atoms with van der Waals surface area (Å²) in [6.07, 6.45) is 0.859. The van der Waals surface area contributed by atoms with Crippen LogP contribution in [0.15, 0.2) is 53.5 Å². The number of aromatic hydroxyl groups is 1. The van der Waals surface area contributed by atoms with Gasteiger partial charge in [-0.1, -0.05) is 56.3 Å².